The van der Waals surface area contributed by atoms with Gasteiger partial charge >= 0.3 is 0 Å². The average Bonchev–Trinajstić information content (AvgIpc) is 3.34. The monoisotopic (exact) mass is 436 g/mol. The molecule has 8 heteroatoms. The fourth-order valence-corrected chi connectivity index (χ4v) is 4.56. The summed E-state index contributed by atoms with van der Waals surface area (Å²) in [6, 6.07) is 4.50. The smallest absolute Gasteiger partial charge is 0.226 e. The molecule has 2 atom stereocenters. The molecule has 3 aliphatic rings. The number of rotatable bonds is 3. The van der Waals surface area contributed by atoms with Gasteiger partial charge in [-0.2, -0.15) is 0 Å². The number of nitrogens with one attached hydrogen (secondary N) is 1. The highest BCUT2D eigenvalue weighted by Crippen LogP contribution is 2.59. The van der Waals surface area contributed by atoms with Crippen molar-refractivity contribution in [3.05, 3.63) is 30.1 Å². The molecule has 4 rings (SSSR count). The van der Waals surface area contributed by atoms with Crippen LogP contribution in [-0.4, -0.2) is 60.0 Å². The van der Waals surface area contributed by atoms with Crippen molar-refractivity contribution < 1.29 is 4.79 Å². The lowest BCUT2D eigenvalue weighted by atomic mass is 9.91. The third kappa shape index (κ3) is 5.07. The van der Waals surface area contributed by atoms with Crippen LogP contribution in [0.4, 0.5) is 0 Å². The van der Waals surface area contributed by atoms with Crippen molar-refractivity contribution in [1.82, 2.24) is 20.1 Å². The molecule has 1 amide bonds. The van der Waals surface area contributed by atoms with Gasteiger partial charge in [-0.05, 0) is 56.3 Å². The number of aromatic nitrogens is 1. The highest BCUT2D eigenvalue weighted by Gasteiger charge is 2.58. The van der Waals surface area contributed by atoms with Crippen LogP contribution in [0.3, 0.4) is 0 Å². The number of hydrogen-bond acceptors (Lipinski definition) is 4. The van der Waals surface area contributed by atoms with Crippen LogP contribution in [0.1, 0.15) is 37.8 Å². The molecule has 1 N–H and O–H groups in total. The largest absolute Gasteiger partial charge is 0.340 e. The van der Waals surface area contributed by atoms with E-state index in [0.717, 1.165) is 45.7 Å². The Balaban J connectivity index is 0.00000121. The summed E-state index contributed by atoms with van der Waals surface area (Å²) in [5.41, 5.74) is 1.61. The van der Waals surface area contributed by atoms with Crippen molar-refractivity contribution in [2.45, 2.75) is 32.2 Å². The summed E-state index contributed by atoms with van der Waals surface area (Å²) in [4.78, 5) is 21.7. The van der Waals surface area contributed by atoms with E-state index in [1.807, 2.05) is 18.5 Å². The van der Waals surface area contributed by atoms with Gasteiger partial charge in [0.1, 0.15) is 0 Å². The van der Waals surface area contributed by atoms with E-state index in [1.165, 1.54) is 18.4 Å². The minimum Gasteiger partial charge on any atom is -0.340 e. The summed E-state index contributed by atoms with van der Waals surface area (Å²) in [5.74, 6) is 0.729. The van der Waals surface area contributed by atoms with Gasteiger partial charge in [0.05, 0.1) is 0 Å². The maximum absolute atomic E-state index is 12.9. The molecule has 2 unspecified atom stereocenters. The molecule has 1 spiro atoms. The molecule has 1 saturated carbocycles. The topological polar surface area (TPSA) is 48.5 Å². The van der Waals surface area contributed by atoms with Crippen LogP contribution in [0, 0.1) is 11.3 Å². The van der Waals surface area contributed by atoms with Gasteiger partial charge in [-0.3, -0.25) is 14.7 Å². The molecule has 3 heterocycles. The molecule has 5 nitrogen and oxygen atoms in total. The van der Waals surface area contributed by atoms with Crippen LogP contribution in [0.15, 0.2) is 24.5 Å². The van der Waals surface area contributed by atoms with Gasteiger partial charge in [-0.25, -0.2) is 0 Å². The van der Waals surface area contributed by atoms with E-state index in [1.54, 1.807) is 0 Å². The summed E-state index contributed by atoms with van der Waals surface area (Å²) < 4.78 is 0. The first-order valence-electron chi connectivity index (χ1n) is 9.33. The van der Waals surface area contributed by atoms with Crippen LogP contribution < -0.4 is 5.32 Å². The molecule has 2 saturated heterocycles. The molecular weight excluding hydrogens is 407 g/mol. The minimum atomic E-state index is 0. The van der Waals surface area contributed by atoms with Gasteiger partial charge in [0.2, 0.25) is 5.91 Å². The highest BCUT2D eigenvalue weighted by atomic mass is 35.5. The van der Waals surface area contributed by atoms with E-state index in [4.69, 9.17) is 0 Å². The summed E-state index contributed by atoms with van der Waals surface area (Å²) >= 11 is 0. The minimum absolute atomic E-state index is 0. The van der Waals surface area contributed by atoms with Gasteiger partial charge < -0.3 is 10.2 Å². The highest BCUT2D eigenvalue weighted by molar-refractivity contribution is 5.86. The van der Waals surface area contributed by atoms with E-state index < -0.39 is 0 Å². The van der Waals surface area contributed by atoms with Crippen molar-refractivity contribution in [2.75, 3.05) is 39.3 Å². The summed E-state index contributed by atoms with van der Waals surface area (Å²) in [6.07, 6.45) is 7.26. The zero-order valence-electron chi connectivity index (χ0n) is 15.8. The van der Waals surface area contributed by atoms with Crippen molar-refractivity contribution in [3.63, 3.8) is 0 Å². The zero-order chi connectivity index (χ0) is 16.6. The Morgan fingerprint density at radius 3 is 2.44 bits per heavy atom. The van der Waals surface area contributed by atoms with Crippen LogP contribution in [0.25, 0.3) is 0 Å². The second kappa shape index (κ2) is 10.3. The van der Waals surface area contributed by atoms with Crippen molar-refractivity contribution >= 4 is 43.1 Å². The van der Waals surface area contributed by atoms with Gasteiger partial charge in [-0.1, -0.05) is 6.07 Å². The zero-order valence-corrected chi connectivity index (χ0v) is 18.3. The Morgan fingerprint density at radius 2 is 1.85 bits per heavy atom. The average molecular weight is 438 g/mol. The first kappa shape index (κ1) is 24.4. The lowest BCUT2D eigenvalue weighted by Crippen LogP contribution is -2.50. The normalized spacial score (nSPS) is 24.8. The Labute approximate surface area is 180 Å². The number of hydrogen-bond donors (Lipinski definition) is 1. The van der Waals surface area contributed by atoms with Gasteiger partial charge in [0, 0.05) is 50.5 Å². The predicted molar refractivity (Wildman–Crippen MR) is 115 cm³/mol. The van der Waals surface area contributed by atoms with Gasteiger partial charge in [-0.15, -0.1) is 37.2 Å². The van der Waals surface area contributed by atoms with Crippen molar-refractivity contribution in [1.29, 1.82) is 0 Å². The van der Waals surface area contributed by atoms with Crippen LogP contribution in [0.2, 0.25) is 0 Å². The Morgan fingerprint density at radius 1 is 1.19 bits per heavy atom. The molecule has 2 aliphatic heterocycles. The summed E-state index contributed by atoms with van der Waals surface area (Å²) in [6.45, 7) is 8.06. The number of nitrogens with zero attached hydrogens (tertiary/aromatic N) is 3. The van der Waals surface area contributed by atoms with Crippen molar-refractivity contribution in [2.24, 2.45) is 11.3 Å². The van der Waals surface area contributed by atoms with E-state index in [0.29, 0.717) is 23.3 Å². The molecule has 154 valence electrons. The maximum atomic E-state index is 12.9. The number of amides is 1. The molecule has 1 aromatic rings. The van der Waals surface area contributed by atoms with E-state index in [-0.39, 0.29) is 37.2 Å². The van der Waals surface area contributed by atoms with E-state index in [2.05, 4.69) is 33.1 Å². The third-order valence-corrected chi connectivity index (χ3v) is 6.43. The number of pyridine rings is 1. The number of piperidine rings is 1. The summed E-state index contributed by atoms with van der Waals surface area (Å²) in [7, 11) is 0. The molecule has 0 bridgehead atoms. The molecule has 0 aromatic carbocycles. The van der Waals surface area contributed by atoms with Gasteiger partial charge in [0.25, 0.3) is 0 Å². The number of carbonyl (C=O) groups excluding carboxylic acids is 1. The lowest BCUT2D eigenvalue weighted by Gasteiger charge is -2.38. The standard InChI is InChI=1S/C19H28N4O.3ClH/c1-15(16-3-2-6-21-14-16)22-9-11-23(12-10-22)18(24)17-13-19(17)4-7-20-8-5-19;;;/h2-3,6,14-15,17,20H,4-5,7-13H2,1H3;3*1H. The fourth-order valence-electron chi connectivity index (χ4n) is 4.56. The molecule has 1 aromatic heterocycles. The fraction of sp³-hybridized carbons (Fsp3) is 0.684. The molecule has 0 radical (unpaired) electrons. The maximum Gasteiger partial charge on any atom is 0.226 e. The first-order valence-corrected chi connectivity index (χ1v) is 9.33. The quantitative estimate of drug-likeness (QED) is 0.790. The van der Waals surface area contributed by atoms with Crippen LogP contribution >= 0.6 is 37.2 Å². The van der Waals surface area contributed by atoms with Crippen LogP contribution in [0.5, 0.6) is 0 Å². The molecule has 1 aliphatic carbocycles. The second-order valence-corrected chi connectivity index (χ2v) is 7.69. The number of halogens is 3. The number of carbonyl (C=O) groups is 1. The first-order chi connectivity index (χ1) is 11.7. The number of piperazine rings is 1. The Hall–Kier alpha value is -0.590. The molecular formula is C19H31Cl3N4O. The predicted octanol–water partition coefficient (Wildman–Crippen LogP) is 2.94. The SMILES string of the molecule is CC(c1cccnc1)N1CCN(C(=O)C2CC23CCNCC3)CC1.Cl.Cl.Cl. The lowest BCUT2D eigenvalue weighted by molar-refractivity contribution is -0.135. The van der Waals surface area contributed by atoms with E-state index in [9.17, 15) is 4.79 Å². The van der Waals surface area contributed by atoms with E-state index >= 15 is 0 Å². The molecule has 3 fully saturated rings. The third-order valence-electron chi connectivity index (χ3n) is 6.43. The summed E-state index contributed by atoms with van der Waals surface area (Å²) in [5, 5.41) is 3.42. The Kier molecular flexibility index (Phi) is 9.29. The van der Waals surface area contributed by atoms with Crippen LogP contribution in [-0.2, 0) is 4.79 Å². The second-order valence-electron chi connectivity index (χ2n) is 7.69. The van der Waals surface area contributed by atoms with Gasteiger partial charge in [0.15, 0.2) is 0 Å². The Bertz CT molecular complexity index is 590. The van der Waals surface area contributed by atoms with Crippen molar-refractivity contribution in [3.8, 4) is 0 Å². The molecule has 27 heavy (non-hydrogen) atoms.